The number of hydrogen-bond acceptors (Lipinski definition) is 3. The van der Waals surface area contributed by atoms with Crippen molar-refractivity contribution in [1.29, 1.82) is 0 Å². The summed E-state index contributed by atoms with van der Waals surface area (Å²) in [5.41, 5.74) is 0.408. The van der Waals surface area contributed by atoms with Gasteiger partial charge >= 0.3 is 6.09 Å². The van der Waals surface area contributed by atoms with Crippen LogP contribution >= 0.6 is 0 Å². The van der Waals surface area contributed by atoms with Gasteiger partial charge in [0.15, 0.2) is 0 Å². The van der Waals surface area contributed by atoms with Crippen molar-refractivity contribution in [3.63, 3.8) is 0 Å². The average molecular weight is 268 g/mol. The molecule has 0 aromatic carbocycles. The van der Waals surface area contributed by atoms with Crippen LogP contribution in [-0.2, 0) is 4.74 Å². The molecule has 2 bridgehead atoms. The molecule has 0 heterocycles. The fourth-order valence-corrected chi connectivity index (χ4v) is 4.53. The zero-order valence-corrected chi connectivity index (χ0v) is 13.1. The van der Waals surface area contributed by atoms with Gasteiger partial charge in [0.05, 0.1) is 12.6 Å². The lowest BCUT2D eigenvalue weighted by molar-refractivity contribution is 0.0918. The van der Waals surface area contributed by atoms with E-state index in [0.717, 1.165) is 0 Å². The highest BCUT2D eigenvalue weighted by Crippen LogP contribution is 2.66. The van der Waals surface area contributed by atoms with E-state index in [4.69, 9.17) is 4.74 Å². The third kappa shape index (κ3) is 1.95. The molecule has 0 saturated heterocycles. The van der Waals surface area contributed by atoms with Gasteiger partial charge in [-0.3, -0.25) is 0 Å². The van der Waals surface area contributed by atoms with Crippen LogP contribution in [0, 0.1) is 16.7 Å². The topological polar surface area (TPSA) is 41.6 Å². The lowest BCUT2D eigenvalue weighted by atomic mass is 9.69. The monoisotopic (exact) mass is 268 g/mol. The van der Waals surface area contributed by atoms with Crippen LogP contribution in [0.25, 0.3) is 0 Å². The predicted molar refractivity (Wildman–Crippen MR) is 76.0 cm³/mol. The van der Waals surface area contributed by atoms with Crippen molar-refractivity contribution in [3.8, 4) is 0 Å². The molecular weight excluding hydrogens is 240 g/mol. The maximum atomic E-state index is 11.8. The number of likely N-dealkylation sites (N-methyl/N-ethyl adjacent to an activating group) is 1. The predicted octanol–water partition coefficient (Wildman–Crippen LogP) is 2.49. The van der Waals surface area contributed by atoms with Crippen LogP contribution in [0.15, 0.2) is 0 Å². The third-order valence-corrected chi connectivity index (χ3v) is 5.96. The molecule has 19 heavy (non-hydrogen) atoms. The first kappa shape index (κ1) is 14.6. The van der Waals surface area contributed by atoms with Crippen LogP contribution < -0.4 is 5.32 Å². The van der Waals surface area contributed by atoms with Gasteiger partial charge in [0.2, 0.25) is 0 Å². The standard InChI is InChI=1S/C15H28N2O2/c1-7-19-13(18)16-12-11(17(5)6)10-8-9-15(12,4)14(10,2)3/h10-12H,7-9H2,1-6H3,(H,16,18)/t10-,11+,12-,15-/m1/s1. The Labute approximate surface area is 116 Å². The highest BCUT2D eigenvalue weighted by atomic mass is 16.5. The van der Waals surface area contributed by atoms with Crippen molar-refractivity contribution in [2.24, 2.45) is 16.7 Å². The van der Waals surface area contributed by atoms with E-state index < -0.39 is 0 Å². The van der Waals surface area contributed by atoms with E-state index in [0.29, 0.717) is 18.6 Å². The summed E-state index contributed by atoms with van der Waals surface area (Å²) in [6.07, 6.45) is 2.17. The molecule has 4 heteroatoms. The van der Waals surface area contributed by atoms with Crippen molar-refractivity contribution in [3.05, 3.63) is 0 Å². The number of nitrogens with zero attached hydrogens (tertiary/aromatic N) is 1. The molecule has 0 aromatic heterocycles. The van der Waals surface area contributed by atoms with E-state index in [9.17, 15) is 4.79 Å². The number of nitrogens with one attached hydrogen (secondary N) is 1. The molecule has 2 saturated carbocycles. The zero-order valence-electron chi connectivity index (χ0n) is 13.1. The highest BCUT2D eigenvalue weighted by molar-refractivity contribution is 5.68. The van der Waals surface area contributed by atoms with Gasteiger partial charge in [-0.05, 0) is 50.6 Å². The normalized spacial score (nSPS) is 39.6. The summed E-state index contributed by atoms with van der Waals surface area (Å²) in [4.78, 5) is 14.1. The summed E-state index contributed by atoms with van der Waals surface area (Å²) in [5.74, 6) is 0.638. The van der Waals surface area contributed by atoms with Gasteiger partial charge in [-0.15, -0.1) is 0 Å². The van der Waals surface area contributed by atoms with Crippen LogP contribution in [0.3, 0.4) is 0 Å². The Kier molecular flexibility index (Phi) is 3.58. The van der Waals surface area contributed by atoms with E-state index >= 15 is 0 Å². The molecule has 2 fully saturated rings. The van der Waals surface area contributed by atoms with Crippen LogP contribution in [0.2, 0.25) is 0 Å². The molecule has 1 amide bonds. The van der Waals surface area contributed by atoms with Crippen LogP contribution in [0.5, 0.6) is 0 Å². The quantitative estimate of drug-likeness (QED) is 0.855. The van der Waals surface area contributed by atoms with Gasteiger partial charge < -0.3 is 15.0 Å². The summed E-state index contributed by atoms with van der Waals surface area (Å²) < 4.78 is 5.08. The Hall–Kier alpha value is -0.770. The molecule has 2 rings (SSSR count). The zero-order chi connectivity index (χ0) is 14.4. The minimum absolute atomic E-state index is 0.152. The van der Waals surface area contributed by atoms with Crippen molar-refractivity contribution in [2.45, 2.75) is 52.6 Å². The molecular formula is C15H28N2O2. The Balaban J connectivity index is 2.27. The minimum atomic E-state index is -0.274. The molecule has 0 spiro atoms. The molecule has 0 aliphatic heterocycles. The molecule has 1 N–H and O–H groups in total. The number of alkyl carbamates (subject to hydrolysis) is 1. The molecule has 110 valence electrons. The fourth-order valence-electron chi connectivity index (χ4n) is 4.53. The van der Waals surface area contributed by atoms with Crippen molar-refractivity contribution in [2.75, 3.05) is 20.7 Å². The molecule has 2 aliphatic rings. The largest absolute Gasteiger partial charge is 0.450 e. The number of rotatable bonds is 3. The van der Waals surface area contributed by atoms with Gasteiger partial charge in [0.1, 0.15) is 0 Å². The Bertz CT molecular complexity index is 367. The number of hydrogen-bond donors (Lipinski definition) is 1. The van der Waals surface area contributed by atoms with E-state index in [2.05, 4.69) is 45.1 Å². The molecule has 0 aromatic rings. The minimum Gasteiger partial charge on any atom is -0.450 e. The van der Waals surface area contributed by atoms with Gasteiger partial charge in [-0.2, -0.15) is 0 Å². The average Bonchev–Trinajstić information content (AvgIpc) is 2.60. The van der Waals surface area contributed by atoms with E-state index in [1.165, 1.54) is 12.8 Å². The van der Waals surface area contributed by atoms with Crippen LogP contribution in [0.4, 0.5) is 4.79 Å². The van der Waals surface area contributed by atoms with Crippen molar-refractivity contribution < 1.29 is 9.53 Å². The Morgan fingerprint density at radius 2 is 2.00 bits per heavy atom. The Morgan fingerprint density at radius 1 is 1.37 bits per heavy atom. The molecule has 4 atom stereocenters. The van der Waals surface area contributed by atoms with Gasteiger partial charge in [-0.25, -0.2) is 4.79 Å². The second-order valence-electron chi connectivity index (χ2n) is 7.08. The maximum absolute atomic E-state index is 11.8. The molecule has 0 unspecified atom stereocenters. The fraction of sp³-hybridized carbons (Fsp3) is 0.933. The van der Waals surface area contributed by atoms with E-state index in [1.54, 1.807) is 0 Å². The number of carbonyl (C=O) groups excluding carboxylic acids is 1. The van der Waals surface area contributed by atoms with Gasteiger partial charge in [0, 0.05) is 6.04 Å². The Morgan fingerprint density at radius 3 is 2.53 bits per heavy atom. The lowest BCUT2D eigenvalue weighted by Gasteiger charge is -2.41. The lowest BCUT2D eigenvalue weighted by Crippen LogP contribution is -2.56. The van der Waals surface area contributed by atoms with Crippen molar-refractivity contribution >= 4 is 6.09 Å². The number of carbonyl (C=O) groups is 1. The molecule has 2 aliphatic carbocycles. The maximum Gasteiger partial charge on any atom is 0.407 e. The smallest absolute Gasteiger partial charge is 0.407 e. The van der Waals surface area contributed by atoms with Gasteiger partial charge in [0.25, 0.3) is 0 Å². The van der Waals surface area contributed by atoms with Crippen LogP contribution in [0.1, 0.15) is 40.5 Å². The summed E-state index contributed by atoms with van der Waals surface area (Å²) in [6.45, 7) is 9.31. The number of ether oxygens (including phenoxy) is 1. The number of amides is 1. The second kappa shape index (κ2) is 4.65. The number of fused-ring (bicyclic) bond motifs is 2. The SMILES string of the molecule is CCOC(=O)N[C@@H]1[C@@H](N(C)C)[C@H]2CC[C@@]1(C)C2(C)C. The van der Waals surface area contributed by atoms with E-state index in [-0.39, 0.29) is 23.0 Å². The molecule has 0 radical (unpaired) electrons. The molecule has 4 nitrogen and oxygen atoms in total. The summed E-state index contributed by atoms with van der Waals surface area (Å²) in [7, 11) is 4.23. The van der Waals surface area contributed by atoms with Gasteiger partial charge in [-0.1, -0.05) is 20.8 Å². The van der Waals surface area contributed by atoms with E-state index in [1.807, 2.05) is 6.92 Å². The summed E-state index contributed by atoms with van der Waals surface area (Å²) >= 11 is 0. The summed E-state index contributed by atoms with van der Waals surface area (Å²) in [5, 5.41) is 3.14. The second-order valence-corrected chi connectivity index (χ2v) is 7.08. The van der Waals surface area contributed by atoms with Crippen LogP contribution in [-0.4, -0.2) is 43.8 Å². The third-order valence-electron chi connectivity index (χ3n) is 5.96. The first-order chi connectivity index (χ1) is 8.75. The highest BCUT2D eigenvalue weighted by Gasteiger charge is 2.67. The first-order valence-electron chi connectivity index (χ1n) is 7.35. The van der Waals surface area contributed by atoms with Crippen molar-refractivity contribution in [1.82, 2.24) is 10.2 Å². The first-order valence-corrected chi connectivity index (χ1v) is 7.35. The summed E-state index contributed by atoms with van der Waals surface area (Å²) in [6, 6.07) is 0.577.